The van der Waals surface area contributed by atoms with Crippen LogP contribution < -0.4 is 0 Å². The predicted molar refractivity (Wildman–Crippen MR) is 57.6 cm³/mol. The van der Waals surface area contributed by atoms with Gasteiger partial charge in [-0.1, -0.05) is 23.7 Å². The van der Waals surface area contributed by atoms with Crippen molar-refractivity contribution in [3.63, 3.8) is 0 Å². The summed E-state index contributed by atoms with van der Waals surface area (Å²) in [5, 5.41) is 8.80. The SMILES string of the molecule is CC(CC#N)S(=O)c1ccccc1Cl. The molecule has 0 radical (unpaired) electrons. The first-order valence-electron chi connectivity index (χ1n) is 4.19. The molecule has 0 bridgehead atoms. The Hall–Kier alpha value is -0.850. The Labute approximate surface area is 91.0 Å². The lowest BCUT2D eigenvalue weighted by atomic mass is 10.4. The molecule has 2 atom stereocenters. The zero-order valence-electron chi connectivity index (χ0n) is 7.74. The van der Waals surface area contributed by atoms with Crippen LogP contribution in [-0.4, -0.2) is 9.46 Å². The lowest BCUT2D eigenvalue weighted by Gasteiger charge is -2.08. The number of rotatable bonds is 3. The van der Waals surface area contributed by atoms with E-state index in [1.165, 1.54) is 0 Å². The molecule has 0 aromatic heterocycles. The molecule has 0 N–H and O–H groups in total. The van der Waals surface area contributed by atoms with E-state index in [1.54, 1.807) is 31.2 Å². The lowest BCUT2D eigenvalue weighted by Crippen LogP contribution is -2.10. The van der Waals surface area contributed by atoms with Gasteiger partial charge in [0, 0.05) is 11.7 Å². The monoisotopic (exact) mass is 227 g/mol. The van der Waals surface area contributed by atoms with Crippen molar-refractivity contribution in [2.24, 2.45) is 0 Å². The summed E-state index contributed by atoms with van der Waals surface area (Å²) >= 11 is 5.89. The quantitative estimate of drug-likeness (QED) is 0.797. The van der Waals surface area contributed by atoms with Crippen LogP contribution >= 0.6 is 11.6 Å². The van der Waals surface area contributed by atoms with E-state index in [0.29, 0.717) is 9.92 Å². The van der Waals surface area contributed by atoms with Crippen molar-refractivity contribution >= 4 is 22.4 Å². The van der Waals surface area contributed by atoms with Gasteiger partial charge in [0.2, 0.25) is 0 Å². The highest BCUT2D eigenvalue weighted by atomic mass is 35.5. The molecule has 0 aliphatic heterocycles. The molecule has 0 aliphatic rings. The topological polar surface area (TPSA) is 40.9 Å². The summed E-state index contributed by atoms with van der Waals surface area (Å²) < 4.78 is 11.8. The predicted octanol–water partition coefficient (Wildman–Crippen LogP) is 2.75. The van der Waals surface area contributed by atoms with Gasteiger partial charge in [-0.3, -0.25) is 4.21 Å². The summed E-state index contributed by atoms with van der Waals surface area (Å²) in [6.07, 6.45) is 0.276. The van der Waals surface area contributed by atoms with Gasteiger partial charge in [-0.05, 0) is 19.1 Å². The second kappa shape index (κ2) is 5.14. The average Bonchev–Trinajstić information content (AvgIpc) is 2.18. The first-order valence-corrected chi connectivity index (χ1v) is 5.78. The molecule has 2 nitrogen and oxygen atoms in total. The Bertz CT molecular complexity index is 386. The van der Waals surface area contributed by atoms with Crippen LogP contribution in [0.15, 0.2) is 29.2 Å². The van der Waals surface area contributed by atoms with Crippen LogP contribution in [0.4, 0.5) is 0 Å². The second-order valence-corrected chi connectivity index (χ2v) is 5.15. The maximum atomic E-state index is 11.8. The number of halogens is 1. The third-order valence-corrected chi connectivity index (χ3v) is 3.93. The van der Waals surface area contributed by atoms with Crippen molar-refractivity contribution in [1.29, 1.82) is 5.26 Å². The summed E-state index contributed by atoms with van der Waals surface area (Å²) in [7, 11) is -1.19. The van der Waals surface area contributed by atoms with Gasteiger partial charge in [0.25, 0.3) is 0 Å². The number of benzene rings is 1. The fourth-order valence-electron chi connectivity index (χ4n) is 1.03. The van der Waals surface area contributed by atoms with Gasteiger partial charge in [-0.25, -0.2) is 0 Å². The van der Waals surface area contributed by atoms with E-state index in [2.05, 4.69) is 0 Å². The number of nitriles is 1. The van der Waals surface area contributed by atoms with E-state index in [9.17, 15) is 4.21 Å². The number of hydrogen-bond acceptors (Lipinski definition) is 2. The summed E-state index contributed by atoms with van der Waals surface area (Å²) in [6, 6.07) is 9.01. The maximum absolute atomic E-state index is 11.8. The molecule has 4 heteroatoms. The Morgan fingerprint density at radius 1 is 1.57 bits per heavy atom. The van der Waals surface area contributed by atoms with Crippen molar-refractivity contribution in [1.82, 2.24) is 0 Å². The van der Waals surface area contributed by atoms with Gasteiger partial charge >= 0.3 is 0 Å². The van der Waals surface area contributed by atoms with E-state index >= 15 is 0 Å². The fourth-order valence-corrected chi connectivity index (χ4v) is 2.53. The molecule has 0 fully saturated rings. The zero-order chi connectivity index (χ0) is 10.6. The lowest BCUT2D eigenvalue weighted by molar-refractivity contribution is 0.673. The smallest absolute Gasteiger partial charge is 0.0634 e. The summed E-state index contributed by atoms with van der Waals surface area (Å²) in [5.41, 5.74) is 0. The van der Waals surface area contributed by atoms with E-state index in [4.69, 9.17) is 16.9 Å². The molecule has 0 saturated heterocycles. The highest BCUT2D eigenvalue weighted by molar-refractivity contribution is 7.85. The molecule has 0 spiro atoms. The molecule has 0 saturated carbocycles. The highest BCUT2D eigenvalue weighted by Gasteiger charge is 2.15. The molecule has 2 unspecified atom stereocenters. The Morgan fingerprint density at radius 3 is 2.79 bits per heavy atom. The summed E-state index contributed by atoms with van der Waals surface area (Å²) in [6.45, 7) is 1.78. The minimum absolute atomic E-state index is 0.181. The van der Waals surface area contributed by atoms with Crippen molar-refractivity contribution in [3.05, 3.63) is 29.3 Å². The molecule has 74 valence electrons. The second-order valence-electron chi connectivity index (χ2n) is 2.90. The molecule has 1 aromatic rings. The molecule has 0 heterocycles. The van der Waals surface area contributed by atoms with Crippen LogP contribution in [-0.2, 0) is 10.8 Å². The van der Waals surface area contributed by atoms with Crippen LogP contribution in [0.5, 0.6) is 0 Å². The maximum Gasteiger partial charge on any atom is 0.0634 e. The Kier molecular flexibility index (Phi) is 4.12. The Morgan fingerprint density at radius 2 is 2.21 bits per heavy atom. The minimum Gasteiger partial charge on any atom is -0.254 e. The Balaban J connectivity index is 2.91. The molecule has 0 amide bonds. The third kappa shape index (κ3) is 2.57. The van der Waals surface area contributed by atoms with Gasteiger partial charge in [0.1, 0.15) is 0 Å². The third-order valence-electron chi connectivity index (χ3n) is 1.80. The normalized spacial score (nSPS) is 14.4. The molecule has 0 aliphatic carbocycles. The van der Waals surface area contributed by atoms with Crippen LogP contribution in [0.1, 0.15) is 13.3 Å². The summed E-state index contributed by atoms with van der Waals surface area (Å²) in [5.74, 6) is 0. The highest BCUT2D eigenvalue weighted by Crippen LogP contribution is 2.22. The van der Waals surface area contributed by atoms with Gasteiger partial charge in [-0.2, -0.15) is 5.26 Å². The van der Waals surface area contributed by atoms with Gasteiger partial charge in [-0.15, -0.1) is 0 Å². The van der Waals surface area contributed by atoms with Crippen molar-refractivity contribution in [2.75, 3.05) is 0 Å². The fraction of sp³-hybridized carbons (Fsp3) is 0.300. The van der Waals surface area contributed by atoms with E-state index in [0.717, 1.165) is 0 Å². The number of hydrogen-bond donors (Lipinski definition) is 0. The van der Waals surface area contributed by atoms with E-state index in [-0.39, 0.29) is 11.7 Å². The number of nitrogens with zero attached hydrogens (tertiary/aromatic N) is 1. The van der Waals surface area contributed by atoms with Crippen molar-refractivity contribution in [2.45, 2.75) is 23.5 Å². The van der Waals surface area contributed by atoms with E-state index < -0.39 is 10.8 Å². The zero-order valence-corrected chi connectivity index (χ0v) is 9.31. The molecular formula is C10H10ClNOS. The van der Waals surface area contributed by atoms with Crippen molar-refractivity contribution < 1.29 is 4.21 Å². The van der Waals surface area contributed by atoms with Gasteiger partial charge < -0.3 is 0 Å². The van der Waals surface area contributed by atoms with Crippen LogP contribution in [0, 0.1) is 11.3 Å². The minimum atomic E-state index is -1.19. The van der Waals surface area contributed by atoms with Gasteiger partial charge in [0.05, 0.1) is 26.8 Å². The standard InChI is InChI=1S/C10H10ClNOS/c1-8(6-7-12)14(13)10-5-3-2-4-9(10)11/h2-5,8H,6H2,1H3. The molecule has 14 heavy (non-hydrogen) atoms. The molecule has 1 rings (SSSR count). The van der Waals surface area contributed by atoms with Crippen LogP contribution in [0.2, 0.25) is 5.02 Å². The van der Waals surface area contributed by atoms with E-state index in [1.807, 2.05) is 6.07 Å². The van der Waals surface area contributed by atoms with Crippen LogP contribution in [0.25, 0.3) is 0 Å². The first-order chi connectivity index (χ1) is 6.66. The first kappa shape index (κ1) is 11.2. The van der Waals surface area contributed by atoms with Crippen LogP contribution in [0.3, 0.4) is 0 Å². The molecular weight excluding hydrogens is 218 g/mol. The average molecular weight is 228 g/mol. The molecule has 1 aromatic carbocycles. The van der Waals surface area contributed by atoms with Gasteiger partial charge in [0.15, 0.2) is 0 Å². The summed E-state index contributed by atoms with van der Waals surface area (Å²) in [4.78, 5) is 0.608. The largest absolute Gasteiger partial charge is 0.254 e. The van der Waals surface area contributed by atoms with Crippen molar-refractivity contribution in [3.8, 4) is 6.07 Å².